The van der Waals surface area contributed by atoms with E-state index < -0.39 is 97.5 Å². The highest BCUT2D eigenvalue weighted by Gasteiger charge is 2.30. The summed E-state index contributed by atoms with van der Waals surface area (Å²) in [6, 6.07) is 0. The van der Waals surface area contributed by atoms with Gasteiger partial charge in [-0.25, -0.2) is 9.13 Å². The van der Waals surface area contributed by atoms with E-state index >= 15 is 0 Å². The third-order valence-corrected chi connectivity index (χ3v) is 18.6. The number of carbonyl (C=O) groups excluding carboxylic acids is 4. The molecular weight excluding hydrogens is 1330 g/mol. The Hall–Kier alpha value is -4.28. The molecule has 0 amide bonds. The van der Waals surface area contributed by atoms with Gasteiger partial charge >= 0.3 is 39.5 Å². The highest BCUT2D eigenvalue weighted by atomic mass is 31.2. The largest absolute Gasteiger partial charge is 0.472 e. The standard InChI is InChI=1S/C83H144O17P2/c1-5-9-13-17-21-25-29-33-37-38-42-44-48-52-56-60-64-68-81(86)94-74-79(100-83(88)70-66-62-58-54-50-46-41-36-32-28-24-20-16-12-8-4)76-98-102(91,92)96-72-77(84)71-95-101(89,90)97-75-78(99-82(87)69-65-61-57-53-49-45-40-35-31-27-23-19-15-11-7-3)73-93-80(85)67-63-59-55-51-47-43-39-34-30-26-22-18-14-10-6-2/h21,25-27,30-31,33-37,39-42,44,52,56,77-79,84H,5-20,22-24,28-29,32,38,43,45-51,53-55,57-76H2,1-4H3,(H,89,90)(H,91,92)/b25-21-,30-26-,31-27-,37-33-,39-34-,40-35-,41-36-,44-42-,56-52-/t77-,78+,79+/m0/s1. The van der Waals surface area contributed by atoms with E-state index in [0.29, 0.717) is 32.1 Å². The lowest BCUT2D eigenvalue weighted by Crippen LogP contribution is -2.30. The molecule has 588 valence electrons. The van der Waals surface area contributed by atoms with E-state index in [-0.39, 0.29) is 25.7 Å². The normalized spacial score (nSPS) is 14.5. The molecule has 0 saturated carbocycles. The van der Waals surface area contributed by atoms with Crippen LogP contribution in [0.2, 0.25) is 0 Å². The van der Waals surface area contributed by atoms with Crippen LogP contribution in [-0.2, 0) is 65.4 Å². The summed E-state index contributed by atoms with van der Waals surface area (Å²) in [6.45, 7) is 4.72. The average Bonchev–Trinajstić information content (AvgIpc) is 0.923. The molecule has 5 atom stereocenters. The second-order valence-electron chi connectivity index (χ2n) is 26.7. The zero-order valence-corrected chi connectivity index (χ0v) is 66.0. The molecule has 0 aromatic carbocycles. The minimum absolute atomic E-state index is 0.0720. The third-order valence-electron chi connectivity index (χ3n) is 16.7. The molecule has 0 rings (SSSR count). The molecule has 19 heteroatoms. The molecule has 102 heavy (non-hydrogen) atoms. The SMILES string of the molecule is CCCCC/C=C\C/C=C\C/C=C\C/C=C\CCCC(=O)OC[C@H](COP(=O)(O)OC[C@@H](O)COP(=O)(O)OC[C@@H](COC(=O)CCCCCCC/C=C\C=C/CCCCCC)OC(=O)CCCCCCC/C=C\C=C/CCCCCC)OC(=O)CCCCCCC/C=C\CCCCCCCC. The van der Waals surface area contributed by atoms with Gasteiger partial charge in [0.2, 0.25) is 0 Å². The van der Waals surface area contributed by atoms with Gasteiger partial charge in [0, 0.05) is 25.7 Å². The lowest BCUT2D eigenvalue weighted by Gasteiger charge is -2.21. The van der Waals surface area contributed by atoms with Crippen molar-refractivity contribution in [3.05, 3.63) is 109 Å². The van der Waals surface area contributed by atoms with Crippen LogP contribution in [0.25, 0.3) is 0 Å². The molecule has 2 unspecified atom stereocenters. The van der Waals surface area contributed by atoms with Crippen LogP contribution in [0.15, 0.2) is 109 Å². The number of phosphoric acid groups is 2. The number of ether oxygens (including phenoxy) is 4. The van der Waals surface area contributed by atoms with Crippen LogP contribution >= 0.6 is 15.6 Å². The first-order chi connectivity index (χ1) is 49.7. The number of hydrogen-bond donors (Lipinski definition) is 3. The number of esters is 4. The maximum absolute atomic E-state index is 13.1. The number of hydrogen-bond acceptors (Lipinski definition) is 15. The fourth-order valence-corrected chi connectivity index (χ4v) is 12.1. The molecule has 0 spiro atoms. The minimum atomic E-state index is -4.99. The smallest absolute Gasteiger partial charge is 0.462 e. The third kappa shape index (κ3) is 74.0. The van der Waals surface area contributed by atoms with Crippen molar-refractivity contribution in [1.29, 1.82) is 0 Å². The summed E-state index contributed by atoms with van der Waals surface area (Å²) in [5.41, 5.74) is 0. The van der Waals surface area contributed by atoms with Gasteiger partial charge < -0.3 is 33.8 Å². The van der Waals surface area contributed by atoms with Crippen LogP contribution in [0.1, 0.15) is 336 Å². The number of aliphatic hydroxyl groups is 1. The first-order valence-corrected chi connectivity index (χ1v) is 43.2. The second-order valence-corrected chi connectivity index (χ2v) is 29.6. The Balaban J connectivity index is 5.43. The molecule has 0 aliphatic rings. The van der Waals surface area contributed by atoms with Crippen molar-refractivity contribution < 1.29 is 80.2 Å². The van der Waals surface area contributed by atoms with Gasteiger partial charge in [-0.3, -0.25) is 37.3 Å². The number of phosphoric ester groups is 2. The topological polar surface area (TPSA) is 237 Å². The van der Waals surface area contributed by atoms with Crippen molar-refractivity contribution in [2.24, 2.45) is 0 Å². The van der Waals surface area contributed by atoms with Crippen molar-refractivity contribution in [2.75, 3.05) is 39.6 Å². The number of aliphatic hydroxyl groups excluding tert-OH is 1. The van der Waals surface area contributed by atoms with Gasteiger partial charge in [-0.05, 0) is 141 Å². The summed E-state index contributed by atoms with van der Waals surface area (Å²) in [5, 5.41) is 10.6. The number of carbonyl (C=O) groups is 4. The highest BCUT2D eigenvalue weighted by Crippen LogP contribution is 2.45. The Bertz CT molecular complexity index is 2360. The number of unbranched alkanes of at least 4 members (excludes halogenated alkanes) is 33. The van der Waals surface area contributed by atoms with Crippen LogP contribution in [0, 0.1) is 0 Å². The van der Waals surface area contributed by atoms with Gasteiger partial charge in [-0.1, -0.05) is 278 Å². The Morgan fingerprint density at radius 3 is 0.873 bits per heavy atom. The van der Waals surface area contributed by atoms with Crippen molar-refractivity contribution in [3.8, 4) is 0 Å². The van der Waals surface area contributed by atoms with Crippen molar-refractivity contribution in [2.45, 2.75) is 354 Å². The van der Waals surface area contributed by atoms with Gasteiger partial charge in [-0.15, -0.1) is 0 Å². The summed E-state index contributed by atoms with van der Waals surface area (Å²) in [5.74, 6) is -2.27. The molecule has 0 bridgehead atoms. The average molecular weight is 1480 g/mol. The minimum Gasteiger partial charge on any atom is -0.462 e. The summed E-state index contributed by atoms with van der Waals surface area (Å²) in [7, 11) is -9.98. The van der Waals surface area contributed by atoms with E-state index in [9.17, 15) is 43.2 Å². The Morgan fingerprint density at radius 1 is 0.284 bits per heavy atom. The van der Waals surface area contributed by atoms with Crippen molar-refractivity contribution in [3.63, 3.8) is 0 Å². The van der Waals surface area contributed by atoms with Gasteiger partial charge in [0.25, 0.3) is 0 Å². The summed E-state index contributed by atoms with van der Waals surface area (Å²) in [6.07, 6.45) is 80.7. The van der Waals surface area contributed by atoms with Crippen LogP contribution in [0.5, 0.6) is 0 Å². The van der Waals surface area contributed by atoms with Crippen LogP contribution in [-0.4, -0.2) is 96.7 Å². The molecule has 0 heterocycles. The monoisotopic (exact) mass is 1470 g/mol. The highest BCUT2D eigenvalue weighted by molar-refractivity contribution is 7.47. The maximum Gasteiger partial charge on any atom is 0.472 e. The first-order valence-electron chi connectivity index (χ1n) is 40.2. The summed E-state index contributed by atoms with van der Waals surface area (Å²) >= 11 is 0. The van der Waals surface area contributed by atoms with Crippen LogP contribution in [0.3, 0.4) is 0 Å². The van der Waals surface area contributed by atoms with E-state index in [1.807, 2.05) is 12.2 Å². The van der Waals surface area contributed by atoms with Crippen LogP contribution in [0.4, 0.5) is 0 Å². The van der Waals surface area contributed by atoms with E-state index in [1.165, 1.54) is 109 Å². The predicted octanol–water partition coefficient (Wildman–Crippen LogP) is 23.3. The summed E-state index contributed by atoms with van der Waals surface area (Å²) in [4.78, 5) is 73.0. The molecule has 17 nitrogen and oxygen atoms in total. The Morgan fingerprint density at radius 2 is 0.520 bits per heavy atom. The Kier molecular flexibility index (Phi) is 71.8. The Labute approximate surface area is 619 Å². The van der Waals surface area contributed by atoms with Gasteiger partial charge in [-0.2, -0.15) is 0 Å². The molecule has 0 fully saturated rings. The lowest BCUT2D eigenvalue weighted by molar-refractivity contribution is -0.161. The fourth-order valence-electron chi connectivity index (χ4n) is 10.5. The zero-order chi connectivity index (χ0) is 74.6. The molecular formula is C83H144O17P2. The molecule has 0 radical (unpaired) electrons. The van der Waals surface area contributed by atoms with Gasteiger partial charge in [0.15, 0.2) is 12.2 Å². The molecule has 0 aliphatic carbocycles. The molecule has 0 aromatic heterocycles. The predicted molar refractivity (Wildman–Crippen MR) is 418 cm³/mol. The maximum atomic E-state index is 13.1. The number of rotatable bonds is 75. The first kappa shape index (κ1) is 97.7. The summed E-state index contributed by atoms with van der Waals surface area (Å²) < 4.78 is 68.5. The van der Waals surface area contributed by atoms with E-state index in [2.05, 4.69) is 125 Å². The second kappa shape index (κ2) is 75.0. The fraction of sp³-hybridized carbons (Fsp3) is 0.735. The molecule has 0 aliphatic heterocycles. The van der Waals surface area contributed by atoms with Crippen LogP contribution < -0.4 is 0 Å². The van der Waals surface area contributed by atoms with Gasteiger partial charge in [0.05, 0.1) is 26.4 Å². The van der Waals surface area contributed by atoms with Crippen molar-refractivity contribution >= 4 is 39.5 Å². The van der Waals surface area contributed by atoms with E-state index in [4.69, 9.17) is 37.0 Å². The van der Waals surface area contributed by atoms with Gasteiger partial charge in [0.1, 0.15) is 19.3 Å². The zero-order valence-electron chi connectivity index (χ0n) is 64.3. The quantitative estimate of drug-likeness (QED) is 0.0128. The van der Waals surface area contributed by atoms with E-state index in [1.54, 1.807) is 0 Å². The molecule has 3 N–H and O–H groups in total. The number of allylic oxidation sites excluding steroid dienone is 18. The van der Waals surface area contributed by atoms with Crippen molar-refractivity contribution in [1.82, 2.24) is 0 Å². The molecule has 0 aromatic rings. The van der Waals surface area contributed by atoms with E-state index in [0.717, 1.165) is 141 Å². The molecule has 0 saturated heterocycles. The lowest BCUT2D eigenvalue weighted by atomic mass is 10.1.